The number of carbonyl (C=O) groups excluding carboxylic acids is 1. The van der Waals surface area contributed by atoms with Crippen LogP contribution in [0.3, 0.4) is 0 Å². The van der Waals surface area contributed by atoms with Crippen LogP contribution < -0.4 is 0 Å². The predicted octanol–water partition coefficient (Wildman–Crippen LogP) is 2.94. The van der Waals surface area contributed by atoms with E-state index in [0.29, 0.717) is 17.9 Å². The van der Waals surface area contributed by atoms with Crippen molar-refractivity contribution in [1.82, 2.24) is 5.06 Å². The summed E-state index contributed by atoms with van der Waals surface area (Å²) >= 11 is 0. The third-order valence-electron chi connectivity index (χ3n) is 3.78. The number of nitrogens with zero attached hydrogens (tertiary/aromatic N) is 1. The van der Waals surface area contributed by atoms with Gasteiger partial charge in [0.15, 0.2) is 0 Å². The molecule has 2 atom stereocenters. The number of aliphatic hydroxyl groups excluding tert-OH is 2. The van der Waals surface area contributed by atoms with Gasteiger partial charge in [0.05, 0.1) is 17.7 Å². The molecule has 5 nitrogen and oxygen atoms in total. The number of hydroxylamine groups is 2. The second kappa shape index (κ2) is 7.61. The Labute approximate surface area is 126 Å². The van der Waals surface area contributed by atoms with Gasteiger partial charge in [-0.15, -0.1) is 0 Å². The van der Waals surface area contributed by atoms with Gasteiger partial charge < -0.3 is 10.2 Å². The molecule has 0 aromatic rings. The normalized spacial score (nSPS) is 22.5. The van der Waals surface area contributed by atoms with Gasteiger partial charge in [-0.05, 0) is 38.3 Å². The molecule has 5 heteroatoms. The Kier molecular flexibility index (Phi) is 6.42. The maximum absolute atomic E-state index is 12.3. The molecule has 1 rings (SSSR count). The summed E-state index contributed by atoms with van der Waals surface area (Å²) in [6.07, 6.45) is 3.67. The Bertz CT molecular complexity index is 440. The summed E-state index contributed by atoms with van der Waals surface area (Å²) in [6.45, 7) is 7.33. The fourth-order valence-corrected chi connectivity index (χ4v) is 2.60. The van der Waals surface area contributed by atoms with Crippen molar-refractivity contribution in [1.29, 1.82) is 0 Å². The monoisotopic (exact) mass is 297 g/mol. The largest absolute Gasteiger partial charge is 0.511 e. The standard InChI is InChI=1S/C16H27NO4/c1-5-7-11-9-13(16(20)17(21)10(3)4)15(19)12(8-6-2)14(11)18/h9-10,12,14,18-19,21H,5-8H2,1-4H3. The van der Waals surface area contributed by atoms with Gasteiger partial charge in [-0.2, -0.15) is 0 Å². The van der Waals surface area contributed by atoms with Crippen molar-refractivity contribution in [2.45, 2.75) is 65.5 Å². The summed E-state index contributed by atoms with van der Waals surface area (Å²) in [4.78, 5) is 12.3. The van der Waals surface area contributed by atoms with Crippen molar-refractivity contribution in [2.24, 2.45) is 5.92 Å². The topological polar surface area (TPSA) is 81.0 Å². The third kappa shape index (κ3) is 3.86. The highest BCUT2D eigenvalue weighted by Gasteiger charge is 2.35. The van der Waals surface area contributed by atoms with Crippen LogP contribution in [0.15, 0.2) is 23.0 Å². The molecule has 0 aromatic heterocycles. The van der Waals surface area contributed by atoms with Crippen molar-refractivity contribution in [3.63, 3.8) is 0 Å². The summed E-state index contributed by atoms with van der Waals surface area (Å²) in [5, 5.41) is 31.1. The fraction of sp³-hybridized carbons (Fsp3) is 0.688. The first-order valence-electron chi connectivity index (χ1n) is 7.69. The van der Waals surface area contributed by atoms with Gasteiger partial charge in [-0.3, -0.25) is 10.0 Å². The van der Waals surface area contributed by atoms with Crippen molar-refractivity contribution >= 4 is 5.91 Å². The van der Waals surface area contributed by atoms with Gasteiger partial charge in [-0.1, -0.05) is 26.7 Å². The van der Waals surface area contributed by atoms with Crippen molar-refractivity contribution < 1.29 is 20.2 Å². The molecule has 1 aliphatic carbocycles. The number of aliphatic hydroxyl groups is 2. The number of rotatable bonds is 6. The first-order chi connectivity index (χ1) is 9.84. The molecular weight excluding hydrogens is 270 g/mol. The average Bonchev–Trinajstić information content (AvgIpc) is 2.44. The lowest BCUT2D eigenvalue weighted by atomic mass is 9.81. The maximum atomic E-state index is 12.3. The molecule has 0 saturated carbocycles. The zero-order chi connectivity index (χ0) is 16.2. The Balaban J connectivity index is 3.20. The molecule has 0 bridgehead atoms. The molecule has 0 spiro atoms. The van der Waals surface area contributed by atoms with Crippen LogP contribution in [-0.4, -0.2) is 38.5 Å². The lowest BCUT2D eigenvalue weighted by molar-refractivity contribution is -0.168. The summed E-state index contributed by atoms with van der Waals surface area (Å²) in [6, 6.07) is -0.377. The smallest absolute Gasteiger partial charge is 0.280 e. The Morgan fingerprint density at radius 1 is 1.33 bits per heavy atom. The van der Waals surface area contributed by atoms with Gasteiger partial charge in [0.1, 0.15) is 5.76 Å². The van der Waals surface area contributed by atoms with E-state index in [2.05, 4.69) is 0 Å². The van der Waals surface area contributed by atoms with Crippen molar-refractivity contribution in [3.8, 4) is 0 Å². The van der Waals surface area contributed by atoms with E-state index in [1.165, 1.54) is 6.08 Å². The first kappa shape index (κ1) is 17.7. The van der Waals surface area contributed by atoms with E-state index in [1.54, 1.807) is 13.8 Å². The molecular formula is C16H27NO4. The van der Waals surface area contributed by atoms with E-state index in [1.807, 2.05) is 13.8 Å². The molecule has 0 heterocycles. The highest BCUT2D eigenvalue weighted by atomic mass is 16.5. The first-order valence-corrected chi connectivity index (χ1v) is 7.69. The Hall–Kier alpha value is -1.33. The maximum Gasteiger partial charge on any atom is 0.280 e. The molecule has 0 radical (unpaired) electrons. The van der Waals surface area contributed by atoms with Gasteiger partial charge >= 0.3 is 0 Å². The molecule has 0 fully saturated rings. The molecule has 0 saturated heterocycles. The summed E-state index contributed by atoms with van der Waals surface area (Å²) < 4.78 is 0. The van der Waals surface area contributed by atoms with Crippen LogP contribution in [-0.2, 0) is 4.79 Å². The van der Waals surface area contributed by atoms with Crippen LogP contribution in [0.5, 0.6) is 0 Å². The molecule has 1 amide bonds. The summed E-state index contributed by atoms with van der Waals surface area (Å²) in [5.74, 6) is -1.21. The highest BCUT2D eigenvalue weighted by Crippen LogP contribution is 2.34. The molecule has 0 aromatic carbocycles. The van der Waals surface area contributed by atoms with Crippen LogP contribution in [0.25, 0.3) is 0 Å². The van der Waals surface area contributed by atoms with E-state index in [9.17, 15) is 20.2 Å². The molecule has 21 heavy (non-hydrogen) atoms. The summed E-state index contributed by atoms with van der Waals surface area (Å²) in [7, 11) is 0. The lowest BCUT2D eigenvalue weighted by Gasteiger charge is -2.31. The number of hydrogen-bond donors (Lipinski definition) is 3. The second-order valence-electron chi connectivity index (χ2n) is 5.85. The van der Waals surface area contributed by atoms with Crippen molar-refractivity contribution in [2.75, 3.05) is 0 Å². The van der Waals surface area contributed by atoms with Gasteiger partial charge in [-0.25, -0.2) is 5.06 Å². The van der Waals surface area contributed by atoms with Crippen molar-refractivity contribution in [3.05, 3.63) is 23.0 Å². The Morgan fingerprint density at radius 2 is 1.95 bits per heavy atom. The fourth-order valence-electron chi connectivity index (χ4n) is 2.60. The van der Waals surface area contributed by atoms with E-state index in [4.69, 9.17) is 0 Å². The molecule has 2 unspecified atom stereocenters. The number of amides is 1. The second-order valence-corrected chi connectivity index (χ2v) is 5.85. The number of carbonyl (C=O) groups is 1. The third-order valence-corrected chi connectivity index (χ3v) is 3.78. The van der Waals surface area contributed by atoms with Gasteiger partial charge in [0.2, 0.25) is 0 Å². The molecule has 3 N–H and O–H groups in total. The lowest BCUT2D eigenvalue weighted by Crippen LogP contribution is -2.38. The van der Waals surface area contributed by atoms with E-state index in [-0.39, 0.29) is 17.4 Å². The Morgan fingerprint density at radius 3 is 2.43 bits per heavy atom. The minimum Gasteiger partial charge on any atom is -0.511 e. The predicted molar refractivity (Wildman–Crippen MR) is 80.8 cm³/mol. The molecule has 1 aliphatic rings. The minimum absolute atomic E-state index is 0.0957. The minimum atomic E-state index is -0.757. The van der Waals surface area contributed by atoms with Gasteiger partial charge in [0.25, 0.3) is 5.91 Å². The van der Waals surface area contributed by atoms with E-state index >= 15 is 0 Å². The molecule has 120 valence electrons. The SMILES string of the molecule is CCCC1=CC(C(=O)N(O)C(C)C)=C(O)C(CCC)C1O. The highest BCUT2D eigenvalue weighted by molar-refractivity contribution is 5.96. The van der Waals surface area contributed by atoms with Crippen LogP contribution in [0, 0.1) is 5.92 Å². The zero-order valence-corrected chi connectivity index (χ0v) is 13.3. The average molecular weight is 297 g/mol. The van der Waals surface area contributed by atoms with Crippen LogP contribution in [0.4, 0.5) is 0 Å². The van der Waals surface area contributed by atoms with Gasteiger partial charge in [0, 0.05) is 5.92 Å². The van der Waals surface area contributed by atoms with Crippen LogP contribution >= 0.6 is 0 Å². The van der Waals surface area contributed by atoms with Crippen LogP contribution in [0.1, 0.15) is 53.4 Å². The van der Waals surface area contributed by atoms with E-state index in [0.717, 1.165) is 18.4 Å². The molecule has 0 aliphatic heterocycles. The van der Waals surface area contributed by atoms with Crippen LogP contribution in [0.2, 0.25) is 0 Å². The quantitative estimate of drug-likeness (QED) is 0.520. The zero-order valence-electron chi connectivity index (χ0n) is 13.3. The summed E-state index contributed by atoms with van der Waals surface area (Å²) in [5.41, 5.74) is 0.840. The van der Waals surface area contributed by atoms with E-state index < -0.39 is 17.9 Å². The number of hydrogen-bond acceptors (Lipinski definition) is 4.